The van der Waals surface area contributed by atoms with E-state index in [0.717, 1.165) is 6.42 Å². The Kier molecular flexibility index (Phi) is 6.71. The monoisotopic (exact) mass is 455 g/mol. The van der Waals surface area contributed by atoms with Gasteiger partial charge in [0.05, 0.1) is 10.9 Å². The van der Waals surface area contributed by atoms with Gasteiger partial charge in [0, 0.05) is 6.07 Å². The SMILES string of the molecule is [2H]c1cc2cc(C(C)CC)ccc2c(-c2cc(C3CCCCC3)cc(C3CCCCC3)c2C)[n+]1C. The molecule has 180 valence electrons. The zero-order valence-electron chi connectivity index (χ0n) is 22.9. The van der Waals surface area contributed by atoms with Crippen LogP contribution in [0, 0.1) is 6.92 Å². The average Bonchev–Trinajstić information content (AvgIpc) is 2.90. The van der Waals surface area contributed by atoms with Gasteiger partial charge < -0.3 is 0 Å². The van der Waals surface area contributed by atoms with E-state index in [2.05, 4.69) is 68.8 Å². The van der Waals surface area contributed by atoms with E-state index in [1.54, 1.807) is 11.1 Å². The van der Waals surface area contributed by atoms with Crippen molar-refractivity contribution in [2.24, 2.45) is 7.05 Å². The molecule has 0 aliphatic heterocycles. The molecule has 1 unspecified atom stereocenters. The van der Waals surface area contributed by atoms with E-state index in [0.29, 0.717) is 23.9 Å². The van der Waals surface area contributed by atoms with Crippen LogP contribution in [0.1, 0.15) is 126 Å². The maximum Gasteiger partial charge on any atom is 0.220 e. The Hall–Kier alpha value is -2.15. The van der Waals surface area contributed by atoms with Crippen LogP contribution >= 0.6 is 0 Å². The Morgan fingerprint density at radius 2 is 1.59 bits per heavy atom. The summed E-state index contributed by atoms with van der Waals surface area (Å²) in [6, 6.07) is 14.2. The molecule has 2 saturated carbocycles. The molecule has 1 nitrogen and oxygen atoms in total. The molecule has 5 rings (SSSR count). The van der Waals surface area contributed by atoms with E-state index < -0.39 is 0 Å². The molecule has 0 spiro atoms. The minimum Gasteiger partial charge on any atom is -0.200 e. The van der Waals surface area contributed by atoms with Crippen LogP contribution in [-0.4, -0.2) is 0 Å². The van der Waals surface area contributed by atoms with Gasteiger partial charge in [0.15, 0.2) is 6.17 Å². The van der Waals surface area contributed by atoms with Gasteiger partial charge in [-0.05, 0) is 96.6 Å². The first-order chi connectivity index (χ1) is 17.0. The third-order valence-corrected chi connectivity index (χ3v) is 9.11. The second-order valence-corrected chi connectivity index (χ2v) is 11.3. The molecule has 0 radical (unpaired) electrons. The molecule has 1 aromatic heterocycles. The summed E-state index contributed by atoms with van der Waals surface area (Å²) in [5.74, 6) is 1.93. The van der Waals surface area contributed by atoms with Gasteiger partial charge in [-0.1, -0.05) is 70.6 Å². The van der Waals surface area contributed by atoms with Crippen molar-refractivity contribution in [1.29, 1.82) is 0 Å². The molecule has 34 heavy (non-hydrogen) atoms. The minimum absolute atomic E-state index is 0.542. The van der Waals surface area contributed by atoms with Gasteiger partial charge >= 0.3 is 0 Å². The Morgan fingerprint density at radius 3 is 2.26 bits per heavy atom. The van der Waals surface area contributed by atoms with E-state index >= 15 is 0 Å². The third kappa shape index (κ3) is 4.56. The fraction of sp³-hybridized carbons (Fsp3) is 0.545. The number of hydrogen-bond acceptors (Lipinski definition) is 0. The number of aromatic nitrogens is 1. The fourth-order valence-electron chi connectivity index (χ4n) is 6.71. The maximum absolute atomic E-state index is 8.85. The van der Waals surface area contributed by atoms with Crippen LogP contribution in [-0.2, 0) is 7.05 Å². The van der Waals surface area contributed by atoms with Crippen molar-refractivity contribution in [3.05, 3.63) is 64.8 Å². The summed E-state index contributed by atoms with van der Waals surface area (Å²) in [5, 5.41) is 2.50. The van der Waals surface area contributed by atoms with Crippen LogP contribution in [0.2, 0.25) is 0 Å². The summed E-state index contributed by atoms with van der Waals surface area (Å²) in [6.07, 6.45) is 15.3. The lowest BCUT2D eigenvalue weighted by Crippen LogP contribution is -2.31. The van der Waals surface area contributed by atoms with E-state index in [9.17, 15) is 0 Å². The molecular weight excluding hydrogens is 410 g/mol. The fourth-order valence-corrected chi connectivity index (χ4v) is 6.71. The zero-order chi connectivity index (χ0) is 24.5. The van der Waals surface area contributed by atoms with Crippen molar-refractivity contribution in [3.63, 3.8) is 0 Å². The van der Waals surface area contributed by atoms with Gasteiger partial charge in [-0.2, -0.15) is 0 Å². The van der Waals surface area contributed by atoms with Crippen LogP contribution in [0.15, 0.2) is 42.6 Å². The van der Waals surface area contributed by atoms with Gasteiger partial charge in [0.25, 0.3) is 0 Å². The maximum atomic E-state index is 8.85. The van der Waals surface area contributed by atoms with Gasteiger partial charge in [-0.3, -0.25) is 0 Å². The molecular formula is C33H44N+. The summed E-state index contributed by atoms with van der Waals surface area (Å²) in [7, 11) is 2.09. The Bertz CT molecular complexity index is 1200. The molecule has 0 N–H and O–H groups in total. The smallest absolute Gasteiger partial charge is 0.200 e. The lowest BCUT2D eigenvalue weighted by molar-refractivity contribution is -0.659. The molecule has 1 heterocycles. The molecule has 2 aromatic carbocycles. The second kappa shape index (κ2) is 10.2. The quantitative estimate of drug-likeness (QED) is 0.337. The van der Waals surface area contributed by atoms with E-state index in [-0.39, 0.29) is 0 Å². The van der Waals surface area contributed by atoms with Crippen LogP contribution in [0.25, 0.3) is 22.0 Å². The van der Waals surface area contributed by atoms with Crippen LogP contribution in [0.4, 0.5) is 0 Å². The number of benzene rings is 2. The van der Waals surface area contributed by atoms with Gasteiger partial charge in [0.2, 0.25) is 5.69 Å². The van der Waals surface area contributed by atoms with Crippen molar-refractivity contribution < 1.29 is 5.94 Å². The number of rotatable bonds is 5. The highest BCUT2D eigenvalue weighted by atomic mass is 14.9. The first-order valence-corrected chi connectivity index (χ1v) is 14.1. The molecule has 2 fully saturated rings. The molecule has 1 atom stereocenters. The molecule has 0 amide bonds. The molecule has 2 aliphatic carbocycles. The molecule has 2 aliphatic rings. The predicted molar refractivity (Wildman–Crippen MR) is 146 cm³/mol. The zero-order valence-corrected chi connectivity index (χ0v) is 21.9. The predicted octanol–water partition coefficient (Wildman–Crippen LogP) is 9.25. The van der Waals surface area contributed by atoms with Crippen molar-refractivity contribution in [2.45, 2.75) is 109 Å². The number of fused-ring (bicyclic) bond motifs is 1. The summed E-state index contributed by atoms with van der Waals surface area (Å²) >= 11 is 0. The number of hydrogen-bond donors (Lipinski definition) is 0. The van der Waals surface area contributed by atoms with E-state index in [4.69, 9.17) is 1.37 Å². The number of nitrogens with zero attached hydrogens (tertiary/aromatic N) is 1. The molecule has 0 saturated heterocycles. The van der Waals surface area contributed by atoms with Gasteiger partial charge in [-0.15, -0.1) is 0 Å². The summed E-state index contributed by atoms with van der Waals surface area (Å²) in [5.41, 5.74) is 8.59. The highest BCUT2D eigenvalue weighted by Crippen LogP contribution is 2.42. The average molecular weight is 456 g/mol. The summed E-state index contributed by atoms with van der Waals surface area (Å²) in [6.45, 7) is 6.93. The minimum atomic E-state index is 0.542. The standard InChI is InChI=1S/C33H44N/c1-5-23(2)27-16-17-30-28(20-27)18-19-34(4)33(30)32-22-29(25-12-8-6-9-13-25)21-31(24(32)3)26-14-10-7-11-15-26/h16-23,25-26H,5-15H2,1-4H3/q+1/i19D. The number of pyridine rings is 1. The van der Waals surface area contributed by atoms with Gasteiger partial charge in [0.1, 0.15) is 8.42 Å². The first-order valence-electron chi connectivity index (χ1n) is 14.6. The second-order valence-electron chi connectivity index (χ2n) is 11.3. The van der Waals surface area contributed by atoms with Crippen molar-refractivity contribution in [3.8, 4) is 11.3 Å². The lowest BCUT2D eigenvalue weighted by Gasteiger charge is -2.28. The molecule has 3 aromatic rings. The third-order valence-electron chi connectivity index (χ3n) is 9.11. The van der Waals surface area contributed by atoms with Crippen LogP contribution in [0.5, 0.6) is 0 Å². The van der Waals surface area contributed by atoms with Crippen LogP contribution < -0.4 is 4.57 Å². The van der Waals surface area contributed by atoms with Crippen molar-refractivity contribution in [1.82, 2.24) is 0 Å². The molecule has 0 bridgehead atoms. The van der Waals surface area contributed by atoms with Gasteiger partial charge in [-0.25, -0.2) is 4.57 Å². The normalized spacial score (nSPS) is 19.4. The lowest BCUT2D eigenvalue weighted by atomic mass is 9.76. The van der Waals surface area contributed by atoms with E-state index in [1.165, 1.54) is 97.4 Å². The Labute approximate surface area is 209 Å². The largest absolute Gasteiger partial charge is 0.220 e. The Balaban J connectivity index is 1.73. The highest BCUT2D eigenvalue weighted by Gasteiger charge is 2.26. The first kappa shape index (κ1) is 22.3. The topological polar surface area (TPSA) is 3.88 Å². The Morgan fingerprint density at radius 1 is 0.912 bits per heavy atom. The molecule has 1 heteroatoms. The van der Waals surface area contributed by atoms with E-state index in [1.807, 2.05) is 0 Å². The summed E-state index contributed by atoms with van der Waals surface area (Å²) < 4.78 is 11.0. The van der Waals surface area contributed by atoms with Crippen molar-refractivity contribution in [2.75, 3.05) is 0 Å². The summed E-state index contributed by atoms with van der Waals surface area (Å²) in [4.78, 5) is 0. The van der Waals surface area contributed by atoms with Crippen LogP contribution in [0.3, 0.4) is 0 Å². The highest BCUT2D eigenvalue weighted by molar-refractivity contribution is 5.94. The van der Waals surface area contributed by atoms with Crippen molar-refractivity contribution >= 4 is 10.8 Å².